The molecule has 1 rings (SSSR count). The SMILES string of the molecule is COCC(O)CN(C)S(=O)(=O)c1ccc(O)cc1. The molecule has 0 aliphatic carbocycles. The number of methoxy groups -OCH3 is 1. The number of hydrogen-bond donors (Lipinski definition) is 2. The average Bonchev–Trinajstić information content (AvgIpc) is 2.29. The van der Waals surface area contributed by atoms with Gasteiger partial charge in [0.2, 0.25) is 10.0 Å². The van der Waals surface area contributed by atoms with Gasteiger partial charge in [-0.1, -0.05) is 0 Å². The summed E-state index contributed by atoms with van der Waals surface area (Å²) in [5.74, 6) is -0.00368. The van der Waals surface area contributed by atoms with Crippen LogP contribution in [-0.2, 0) is 14.8 Å². The van der Waals surface area contributed by atoms with E-state index in [2.05, 4.69) is 0 Å². The Balaban J connectivity index is 2.83. The Morgan fingerprint density at radius 2 is 1.89 bits per heavy atom. The van der Waals surface area contributed by atoms with Gasteiger partial charge >= 0.3 is 0 Å². The van der Waals surface area contributed by atoms with Crippen LogP contribution in [0.25, 0.3) is 0 Å². The Hall–Kier alpha value is -1.15. The number of likely N-dealkylation sites (N-methyl/N-ethyl adjacent to an activating group) is 1. The van der Waals surface area contributed by atoms with Gasteiger partial charge in [0.15, 0.2) is 0 Å². The van der Waals surface area contributed by atoms with Crippen molar-refractivity contribution in [1.82, 2.24) is 4.31 Å². The van der Waals surface area contributed by atoms with Gasteiger partial charge in [-0.05, 0) is 24.3 Å². The number of rotatable bonds is 6. The van der Waals surface area contributed by atoms with E-state index < -0.39 is 16.1 Å². The molecule has 0 aliphatic rings. The molecule has 0 saturated heterocycles. The standard InChI is InChI=1S/C11H17NO5S/c1-12(7-10(14)8-17-2)18(15,16)11-5-3-9(13)4-6-11/h3-6,10,13-14H,7-8H2,1-2H3. The zero-order chi connectivity index (χ0) is 13.8. The third-order valence-electron chi connectivity index (χ3n) is 2.37. The van der Waals surface area contributed by atoms with Crippen molar-refractivity contribution in [2.75, 3.05) is 27.3 Å². The molecule has 1 atom stereocenters. The van der Waals surface area contributed by atoms with E-state index in [9.17, 15) is 13.5 Å². The largest absolute Gasteiger partial charge is 0.508 e. The zero-order valence-electron chi connectivity index (χ0n) is 10.3. The number of hydrogen-bond acceptors (Lipinski definition) is 5. The van der Waals surface area contributed by atoms with E-state index in [0.29, 0.717) is 0 Å². The monoisotopic (exact) mass is 275 g/mol. The van der Waals surface area contributed by atoms with Crippen LogP contribution in [0.15, 0.2) is 29.2 Å². The number of phenols is 1. The van der Waals surface area contributed by atoms with Crippen LogP contribution < -0.4 is 0 Å². The van der Waals surface area contributed by atoms with Crippen molar-refractivity contribution < 1.29 is 23.4 Å². The quantitative estimate of drug-likeness (QED) is 0.764. The summed E-state index contributed by atoms with van der Waals surface area (Å²) in [6, 6.07) is 5.21. The molecule has 7 heteroatoms. The van der Waals surface area contributed by atoms with Crippen LogP contribution in [0.5, 0.6) is 5.75 Å². The average molecular weight is 275 g/mol. The zero-order valence-corrected chi connectivity index (χ0v) is 11.1. The minimum Gasteiger partial charge on any atom is -0.508 e. The number of ether oxygens (including phenoxy) is 1. The van der Waals surface area contributed by atoms with Gasteiger partial charge in [0, 0.05) is 20.7 Å². The van der Waals surface area contributed by atoms with E-state index in [1.165, 1.54) is 38.4 Å². The van der Waals surface area contributed by atoms with Gasteiger partial charge < -0.3 is 14.9 Å². The third kappa shape index (κ3) is 3.67. The summed E-state index contributed by atoms with van der Waals surface area (Å²) in [7, 11) is -0.858. The topological polar surface area (TPSA) is 87.1 Å². The number of nitrogens with zero attached hydrogens (tertiary/aromatic N) is 1. The van der Waals surface area contributed by atoms with Crippen molar-refractivity contribution in [3.05, 3.63) is 24.3 Å². The van der Waals surface area contributed by atoms with Crippen molar-refractivity contribution in [1.29, 1.82) is 0 Å². The van der Waals surface area contributed by atoms with Gasteiger partial charge in [0.05, 0.1) is 17.6 Å². The maximum atomic E-state index is 12.1. The van der Waals surface area contributed by atoms with E-state index in [1.807, 2.05) is 0 Å². The highest BCUT2D eigenvalue weighted by Crippen LogP contribution is 2.17. The Bertz CT molecular complexity index is 471. The van der Waals surface area contributed by atoms with Crippen molar-refractivity contribution in [3.8, 4) is 5.75 Å². The van der Waals surface area contributed by atoms with E-state index >= 15 is 0 Å². The molecule has 0 spiro atoms. The van der Waals surface area contributed by atoms with Crippen molar-refractivity contribution in [2.24, 2.45) is 0 Å². The highest BCUT2D eigenvalue weighted by atomic mass is 32.2. The molecule has 0 bridgehead atoms. The highest BCUT2D eigenvalue weighted by Gasteiger charge is 2.22. The highest BCUT2D eigenvalue weighted by molar-refractivity contribution is 7.89. The summed E-state index contributed by atoms with van der Waals surface area (Å²) >= 11 is 0. The lowest BCUT2D eigenvalue weighted by Gasteiger charge is -2.20. The molecule has 0 aliphatic heterocycles. The number of phenolic OH excluding ortho intramolecular Hbond substituents is 1. The molecule has 2 N–H and O–H groups in total. The van der Waals surface area contributed by atoms with Crippen LogP contribution in [0.2, 0.25) is 0 Å². The first kappa shape index (κ1) is 14.9. The summed E-state index contributed by atoms with van der Waals surface area (Å²) in [6.07, 6.45) is -0.883. The third-order valence-corrected chi connectivity index (χ3v) is 4.21. The number of aliphatic hydroxyl groups excluding tert-OH is 1. The number of sulfonamides is 1. The number of aromatic hydroxyl groups is 1. The molecule has 0 fully saturated rings. The van der Waals surface area contributed by atoms with Gasteiger partial charge in [0.25, 0.3) is 0 Å². The predicted molar refractivity (Wildman–Crippen MR) is 65.8 cm³/mol. The molecular weight excluding hydrogens is 258 g/mol. The fourth-order valence-electron chi connectivity index (χ4n) is 1.44. The van der Waals surface area contributed by atoms with E-state index in [0.717, 1.165) is 4.31 Å². The van der Waals surface area contributed by atoms with Gasteiger partial charge in [-0.15, -0.1) is 0 Å². The van der Waals surface area contributed by atoms with Crippen molar-refractivity contribution in [2.45, 2.75) is 11.0 Å². The Labute approximate surface area is 106 Å². The van der Waals surface area contributed by atoms with E-state index in [4.69, 9.17) is 9.84 Å². The maximum absolute atomic E-state index is 12.1. The Kier molecular flexibility index (Phi) is 5.09. The smallest absolute Gasteiger partial charge is 0.242 e. The summed E-state index contributed by atoms with van der Waals surface area (Å²) in [5, 5.41) is 18.6. The molecular formula is C11H17NO5S. The predicted octanol–water partition coefficient (Wildman–Crippen LogP) is 0.0200. The van der Waals surface area contributed by atoms with Gasteiger partial charge in [-0.3, -0.25) is 0 Å². The summed E-state index contributed by atoms with van der Waals surface area (Å²) in [5.41, 5.74) is 0. The first-order valence-corrected chi connectivity index (χ1v) is 6.74. The van der Waals surface area contributed by atoms with Crippen LogP contribution in [-0.4, -0.2) is 56.3 Å². The van der Waals surface area contributed by atoms with Crippen LogP contribution in [0, 0.1) is 0 Å². The molecule has 18 heavy (non-hydrogen) atoms. The molecule has 1 aromatic carbocycles. The normalized spacial score (nSPS) is 13.8. The second kappa shape index (κ2) is 6.14. The molecule has 1 aromatic rings. The van der Waals surface area contributed by atoms with Crippen molar-refractivity contribution in [3.63, 3.8) is 0 Å². The second-order valence-electron chi connectivity index (χ2n) is 3.89. The molecule has 6 nitrogen and oxygen atoms in total. The fourth-order valence-corrected chi connectivity index (χ4v) is 2.65. The lowest BCUT2D eigenvalue weighted by molar-refractivity contribution is 0.0554. The molecule has 0 aromatic heterocycles. The summed E-state index contributed by atoms with van der Waals surface area (Å²) in [4.78, 5) is 0.0624. The Morgan fingerprint density at radius 3 is 2.39 bits per heavy atom. The molecule has 0 amide bonds. The summed E-state index contributed by atoms with van der Waals surface area (Å²) < 4.78 is 29.9. The lowest BCUT2D eigenvalue weighted by atomic mass is 10.3. The lowest BCUT2D eigenvalue weighted by Crippen LogP contribution is -2.36. The maximum Gasteiger partial charge on any atom is 0.242 e. The van der Waals surface area contributed by atoms with E-state index in [-0.39, 0.29) is 23.8 Å². The molecule has 102 valence electrons. The molecule has 0 radical (unpaired) electrons. The van der Waals surface area contributed by atoms with Crippen LogP contribution >= 0.6 is 0 Å². The van der Waals surface area contributed by atoms with Gasteiger partial charge in [0.1, 0.15) is 5.75 Å². The molecule has 0 heterocycles. The van der Waals surface area contributed by atoms with Crippen LogP contribution in [0.4, 0.5) is 0 Å². The Morgan fingerprint density at radius 1 is 1.33 bits per heavy atom. The first-order chi connectivity index (χ1) is 8.37. The fraction of sp³-hybridized carbons (Fsp3) is 0.455. The number of aliphatic hydroxyl groups is 1. The minimum atomic E-state index is -3.66. The van der Waals surface area contributed by atoms with Gasteiger partial charge in [-0.2, -0.15) is 4.31 Å². The number of benzene rings is 1. The van der Waals surface area contributed by atoms with E-state index in [1.54, 1.807) is 0 Å². The minimum absolute atomic E-state index is 0.00368. The molecule has 0 saturated carbocycles. The van der Waals surface area contributed by atoms with Crippen LogP contribution in [0.3, 0.4) is 0 Å². The summed E-state index contributed by atoms with van der Waals surface area (Å²) in [6.45, 7) is 0.00644. The van der Waals surface area contributed by atoms with Gasteiger partial charge in [-0.25, -0.2) is 8.42 Å². The van der Waals surface area contributed by atoms with Crippen molar-refractivity contribution >= 4 is 10.0 Å². The molecule has 1 unspecified atom stereocenters. The first-order valence-electron chi connectivity index (χ1n) is 5.30. The second-order valence-corrected chi connectivity index (χ2v) is 5.93. The van der Waals surface area contributed by atoms with Crippen LogP contribution in [0.1, 0.15) is 0 Å².